The molecule has 0 amide bonds. The number of hydrogen-bond acceptors (Lipinski definition) is 7. The number of rotatable bonds is 6. The molecule has 0 saturated heterocycles. The smallest absolute Gasteiger partial charge is 0.326 e. The van der Waals surface area contributed by atoms with Crippen molar-refractivity contribution in [3.63, 3.8) is 0 Å². The maximum absolute atomic E-state index is 11.8. The molecule has 0 spiro atoms. The highest BCUT2D eigenvalue weighted by Gasteiger charge is 2.14. The second kappa shape index (κ2) is 6.38. The standard InChI is InChI=1S/C13H20N6O2/c1-4-5-6-21-9(20)7-19-8-15-10-11(14)16-13(18(2)3)17-12(10)19/h8H,4-7H2,1-3H3,(H2,14,16,17). The van der Waals surface area contributed by atoms with Gasteiger partial charge in [-0.25, -0.2) is 4.98 Å². The number of hydrogen-bond donors (Lipinski definition) is 1. The first-order valence-electron chi connectivity index (χ1n) is 6.84. The number of unbranched alkanes of at least 4 members (excludes halogenated alkanes) is 1. The van der Waals surface area contributed by atoms with Crippen LogP contribution in [0.5, 0.6) is 0 Å². The Morgan fingerprint density at radius 1 is 1.43 bits per heavy atom. The predicted molar refractivity (Wildman–Crippen MR) is 79.9 cm³/mol. The van der Waals surface area contributed by atoms with Crippen LogP contribution in [0, 0.1) is 0 Å². The van der Waals surface area contributed by atoms with Gasteiger partial charge in [-0.2, -0.15) is 9.97 Å². The van der Waals surface area contributed by atoms with E-state index in [2.05, 4.69) is 15.0 Å². The molecule has 0 bridgehead atoms. The molecule has 2 aromatic heterocycles. The Morgan fingerprint density at radius 3 is 2.86 bits per heavy atom. The zero-order valence-corrected chi connectivity index (χ0v) is 12.5. The zero-order valence-electron chi connectivity index (χ0n) is 12.5. The Balaban J connectivity index is 2.22. The minimum absolute atomic E-state index is 0.0591. The summed E-state index contributed by atoms with van der Waals surface area (Å²) in [6.07, 6.45) is 3.36. The summed E-state index contributed by atoms with van der Waals surface area (Å²) < 4.78 is 6.76. The van der Waals surface area contributed by atoms with Gasteiger partial charge in [0.05, 0.1) is 12.9 Å². The van der Waals surface area contributed by atoms with Gasteiger partial charge in [0.1, 0.15) is 12.1 Å². The van der Waals surface area contributed by atoms with Gasteiger partial charge in [0.15, 0.2) is 11.5 Å². The van der Waals surface area contributed by atoms with Crippen molar-refractivity contribution in [3.05, 3.63) is 6.33 Å². The van der Waals surface area contributed by atoms with Crippen molar-refractivity contribution < 1.29 is 9.53 Å². The Morgan fingerprint density at radius 2 is 2.19 bits per heavy atom. The maximum Gasteiger partial charge on any atom is 0.326 e. The molecule has 8 nitrogen and oxygen atoms in total. The molecule has 0 aromatic carbocycles. The lowest BCUT2D eigenvalue weighted by molar-refractivity contribution is -0.144. The van der Waals surface area contributed by atoms with Crippen molar-refractivity contribution in [3.8, 4) is 0 Å². The summed E-state index contributed by atoms with van der Waals surface area (Å²) in [5.74, 6) is 0.453. The van der Waals surface area contributed by atoms with E-state index in [1.165, 1.54) is 6.33 Å². The van der Waals surface area contributed by atoms with E-state index in [4.69, 9.17) is 10.5 Å². The molecule has 2 rings (SSSR count). The van der Waals surface area contributed by atoms with Crippen molar-refractivity contribution in [1.82, 2.24) is 19.5 Å². The minimum atomic E-state index is -0.314. The monoisotopic (exact) mass is 292 g/mol. The first-order chi connectivity index (χ1) is 10.0. The van der Waals surface area contributed by atoms with Crippen molar-refractivity contribution >= 4 is 28.9 Å². The number of nitrogen functional groups attached to an aromatic ring is 1. The maximum atomic E-state index is 11.8. The minimum Gasteiger partial charge on any atom is -0.464 e. The third-order valence-corrected chi connectivity index (χ3v) is 2.94. The highest BCUT2D eigenvalue weighted by Crippen LogP contribution is 2.19. The summed E-state index contributed by atoms with van der Waals surface area (Å²) >= 11 is 0. The Bertz CT molecular complexity index is 637. The molecule has 0 saturated carbocycles. The van der Waals surface area contributed by atoms with Gasteiger partial charge in [-0.1, -0.05) is 13.3 Å². The van der Waals surface area contributed by atoms with Gasteiger partial charge >= 0.3 is 5.97 Å². The van der Waals surface area contributed by atoms with Crippen LogP contribution in [-0.4, -0.2) is 46.2 Å². The van der Waals surface area contributed by atoms with Crippen LogP contribution in [0.3, 0.4) is 0 Å². The highest BCUT2D eigenvalue weighted by molar-refractivity contribution is 5.84. The molecule has 2 heterocycles. The van der Waals surface area contributed by atoms with E-state index in [0.717, 1.165) is 12.8 Å². The fourth-order valence-electron chi connectivity index (χ4n) is 1.78. The van der Waals surface area contributed by atoms with Gasteiger partial charge in [0.25, 0.3) is 0 Å². The first-order valence-corrected chi connectivity index (χ1v) is 6.84. The highest BCUT2D eigenvalue weighted by atomic mass is 16.5. The lowest BCUT2D eigenvalue weighted by atomic mass is 10.4. The molecular weight excluding hydrogens is 272 g/mol. The second-order valence-corrected chi connectivity index (χ2v) is 4.92. The largest absolute Gasteiger partial charge is 0.464 e. The summed E-state index contributed by atoms with van der Waals surface area (Å²) in [5, 5.41) is 0. The molecule has 21 heavy (non-hydrogen) atoms. The average Bonchev–Trinajstić information content (AvgIpc) is 2.82. The number of carbonyl (C=O) groups excluding carboxylic acids is 1. The first kappa shape index (κ1) is 15.0. The van der Waals surface area contributed by atoms with Crippen molar-refractivity contribution in [1.29, 1.82) is 0 Å². The normalized spacial score (nSPS) is 10.8. The summed E-state index contributed by atoms with van der Waals surface area (Å²) in [6.45, 7) is 2.53. The van der Waals surface area contributed by atoms with E-state index in [0.29, 0.717) is 29.5 Å². The van der Waals surface area contributed by atoms with Crippen molar-refractivity contribution in [2.75, 3.05) is 31.3 Å². The number of anilines is 2. The van der Waals surface area contributed by atoms with E-state index < -0.39 is 0 Å². The van der Waals surface area contributed by atoms with Crippen LogP contribution in [0.4, 0.5) is 11.8 Å². The van der Waals surface area contributed by atoms with Crippen LogP contribution in [0.1, 0.15) is 19.8 Å². The molecule has 2 N–H and O–H groups in total. The average molecular weight is 292 g/mol. The van der Waals surface area contributed by atoms with E-state index in [9.17, 15) is 4.79 Å². The zero-order chi connectivity index (χ0) is 15.4. The number of nitrogens with zero attached hydrogens (tertiary/aromatic N) is 5. The predicted octanol–water partition coefficient (Wildman–Crippen LogP) is 0.818. The summed E-state index contributed by atoms with van der Waals surface area (Å²) in [5.41, 5.74) is 6.88. The van der Waals surface area contributed by atoms with Gasteiger partial charge in [-0.05, 0) is 6.42 Å². The fourth-order valence-corrected chi connectivity index (χ4v) is 1.78. The van der Waals surface area contributed by atoms with Crippen molar-refractivity contribution in [2.45, 2.75) is 26.3 Å². The summed E-state index contributed by atoms with van der Waals surface area (Å²) in [7, 11) is 3.64. The molecule has 0 aliphatic carbocycles. The van der Waals surface area contributed by atoms with Crippen LogP contribution in [0.15, 0.2) is 6.33 Å². The van der Waals surface area contributed by atoms with Crippen LogP contribution in [-0.2, 0) is 16.1 Å². The molecule has 0 aliphatic heterocycles. The molecule has 2 aromatic rings. The molecule has 114 valence electrons. The van der Waals surface area contributed by atoms with Gasteiger partial charge < -0.3 is 19.9 Å². The number of carbonyl (C=O) groups is 1. The Hall–Kier alpha value is -2.38. The van der Waals surface area contributed by atoms with E-state index >= 15 is 0 Å². The number of esters is 1. The number of ether oxygens (including phenoxy) is 1. The topological polar surface area (TPSA) is 99.2 Å². The summed E-state index contributed by atoms with van der Waals surface area (Å²) in [4.78, 5) is 26.2. The SMILES string of the molecule is CCCCOC(=O)Cn1cnc2c(N)nc(N(C)C)nc21. The molecule has 0 fully saturated rings. The van der Waals surface area contributed by atoms with Crippen molar-refractivity contribution in [2.24, 2.45) is 0 Å². The van der Waals surface area contributed by atoms with Crippen LogP contribution >= 0.6 is 0 Å². The molecular formula is C13H20N6O2. The van der Waals surface area contributed by atoms with Gasteiger partial charge in [0.2, 0.25) is 5.95 Å². The van der Waals surface area contributed by atoms with E-state index in [1.54, 1.807) is 9.47 Å². The van der Waals surface area contributed by atoms with Gasteiger partial charge in [0, 0.05) is 14.1 Å². The Labute approximate surface area is 122 Å². The number of fused-ring (bicyclic) bond motifs is 1. The van der Waals surface area contributed by atoms with Gasteiger partial charge in [-0.3, -0.25) is 4.79 Å². The molecule has 0 unspecified atom stereocenters. The van der Waals surface area contributed by atoms with Crippen LogP contribution in [0.2, 0.25) is 0 Å². The fraction of sp³-hybridized carbons (Fsp3) is 0.538. The number of nitrogens with two attached hydrogens (primary N) is 1. The molecule has 0 aliphatic rings. The third kappa shape index (κ3) is 3.39. The van der Waals surface area contributed by atoms with Gasteiger partial charge in [-0.15, -0.1) is 0 Å². The lowest BCUT2D eigenvalue weighted by Gasteiger charge is -2.11. The number of imidazole rings is 1. The lowest BCUT2D eigenvalue weighted by Crippen LogP contribution is -2.16. The molecule has 0 radical (unpaired) electrons. The Kier molecular flexibility index (Phi) is 4.56. The second-order valence-electron chi connectivity index (χ2n) is 4.92. The molecule has 8 heteroatoms. The third-order valence-electron chi connectivity index (χ3n) is 2.94. The quantitative estimate of drug-likeness (QED) is 0.621. The van der Waals surface area contributed by atoms with E-state index in [1.807, 2.05) is 21.0 Å². The molecule has 0 atom stereocenters. The summed E-state index contributed by atoms with van der Waals surface area (Å²) in [6, 6.07) is 0. The number of aromatic nitrogens is 4. The van der Waals surface area contributed by atoms with Crippen LogP contribution < -0.4 is 10.6 Å². The van der Waals surface area contributed by atoms with Crippen LogP contribution in [0.25, 0.3) is 11.2 Å². The van der Waals surface area contributed by atoms with E-state index in [-0.39, 0.29) is 12.5 Å².